The Morgan fingerprint density at radius 2 is 1.92 bits per heavy atom. The number of hydrogen-bond acceptors (Lipinski definition) is 5. The summed E-state index contributed by atoms with van der Waals surface area (Å²) < 4.78 is 16.2. The Morgan fingerprint density at radius 1 is 1.20 bits per heavy atom. The number of amides is 1. The highest BCUT2D eigenvalue weighted by atomic mass is 16.5. The van der Waals surface area contributed by atoms with Gasteiger partial charge in [-0.05, 0) is 57.2 Å². The average molecular weight is 349 g/mol. The van der Waals surface area contributed by atoms with E-state index in [1.165, 1.54) is 7.11 Å². The third-order valence-electron chi connectivity index (χ3n) is 4.36. The quantitative estimate of drug-likeness (QED) is 0.727. The lowest BCUT2D eigenvalue weighted by atomic mass is 10.0. The third-order valence-corrected chi connectivity index (χ3v) is 4.36. The SMILES string of the molecule is CCCOC1(C(=O)Nc2ccc(OC)c(C(=O)OCC)c2)CCCC1. The van der Waals surface area contributed by atoms with E-state index in [4.69, 9.17) is 14.2 Å². The van der Waals surface area contributed by atoms with Gasteiger partial charge in [0.1, 0.15) is 16.9 Å². The first kappa shape index (κ1) is 19.2. The molecule has 1 aliphatic carbocycles. The standard InChI is InChI=1S/C19H27NO5/c1-4-12-25-19(10-6-7-11-19)18(22)20-14-8-9-16(23-3)15(13-14)17(21)24-5-2/h8-9,13H,4-7,10-12H2,1-3H3,(H,20,22). The van der Waals surface area contributed by atoms with Gasteiger partial charge >= 0.3 is 5.97 Å². The molecule has 0 unspecified atom stereocenters. The molecular weight excluding hydrogens is 322 g/mol. The minimum absolute atomic E-state index is 0.154. The van der Waals surface area contributed by atoms with E-state index < -0.39 is 11.6 Å². The maximum Gasteiger partial charge on any atom is 0.341 e. The molecule has 0 spiro atoms. The van der Waals surface area contributed by atoms with E-state index in [-0.39, 0.29) is 18.1 Å². The van der Waals surface area contributed by atoms with Gasteiger partial charge in [0.25, 0.3) is 5.91 Å². The first-order valence-corrected chi connectivity index (χ1v) is 8.87. The monoisotopic (exact) mass is 349 g/mol. The predicted molar refractivity (Wildman–Crippen MR) is 95.0 cm³/mol. The highest BCUT2D eigenvalue weighted by molar-refractivity contribution is 5.99. The molecule has 1 aliphatic rings. The maximum absolute atomic E-state index is 12.8. The van der Waals surface area contributed by atoms with Crippen LogP contribution >= 0.6 is 0 Å². The Kier molecular flexibility index (Phi) is 6.82. The molecule has 0 saturated heterocycles. The largest absolute Gasteiger partial charge is 0.496 e. The molecule has 1 amide bonds. The van der Waals surface area contributed by atoms with Crippen molar-refractivity contribution in [3.8, 4) is 5.75 Å². The van der Waals surface area contributed by atoms with Crippen molar-refractivity contribution in [1.29, 1.82) is 0 Å². The van der Waals surface area contributed by atoms with Gasteiger partial charge in [-0.25, -0.2) is 4.79 Å². The van der Waals surface area contributed by atoms with Gasteiger partial charge in [0, 0.05) is 12.3 Å². The second-order valence-electron chi connectivity index (χ2n) is 6.14. The molecule has 6 nitrogen and oxygen atoms in total. The van der Waals surface area contributed by atoms with Gasteiger partial charge in [-0.2, -0.15) is 0 Å². The van der Waals surface area contributed by atoms with Crippen LogP contribution in [-0.2, 0) is 14.3 Å². The van der Waals surface area contributed by atoms with Crippen molar-refractivity contribution in [2.75, 3.05) is 25.6 Å². The normalized spacial score (nSPS) is 15.6. The Hall–Kier alpha value is -2.08. The Morgan fingerprint density at radius 3 is 2.52 bits per heavy atom. The smallest absolute Gasteiger partial charge is 0.341 e. The van der Waals surface area contributed by atoms with Crippen molar-refractivity contribution in [2.24, 2.45) is 0 Å². The number of ether oxygens (including phenoxy) is 3. The number of rotatable bonds is 8. The van der Waals surface area contributed by atoms with Crippen LogP contribution in [0.2, 0.25) is 0 Å². The van der Waals surface area contributed by atoms with E-state index in [1.807, 2.05) is 6.92 Å². The predicted octanol–water partition coefficient (Wildman–Crippen LogP) is 3.55. The Balaban J connectivity index is 2.19. The number of carbonyl (C=O) groups excluding carboxylic acids is 2. The number of carbonyl (C=O) groups is 2. The number of anilines is 1. The van der Waals surface area contributed by atoms with E-state index in [1.54, 1.807) is 25.1 Å². The fraction of sp³-hybridized carbons (Fsp3) is 0.579. The number of nitrogens with one attached hydrogen (secondary N) is 1. The molecule has 1 aromatic carbocycles. The molecule has 0 radical (unpaired) electrons. The molecule has 0 atom stereocenters. The molecule has 1 fully saturated rings. The van der Waals surface area contributed by atoms with Gasteiger partial charge in [0.15, 0.2) is 0 Å². The molecular formula is C19H27NO5. The van der Waals surface area contributed by atoms with Crippen LogP contribution in [0.5, 0.6) is 5.75 Å². The highest BCUT2D eigenvalue weighted by Gasteiger charge is 2.42. The zero-order valence-electron chi connectivity index (χ0n) is 15.2. The van der Waals surface area contributed by atoms with Crippen molar-refractivity contribution in [1.82, 2.24) is 0 Å². The van der Waals surface area contributed by atoms with Gasteiger partial charge in [0.2, 0.25) is 0 Å². The van der Waals surface area contributed by atoms with Crippen molar-refractivity contribution in [3.63, 3.8) is 0 Å². The summed E-state index contributed by atoms with van der Waals surface area (Å²) in [6.07, 6.45) is 4.27. The number of hydrogen-bond donors (Lipinski definition) is 1. The van der Waals surface area contributed by atoms with Crippen LogP contribution in [-0.4, -0.2) is 37.8 Å². The summed E-state index contributed by atoms with van der Waals surface area (Å²) in [5.41, 5.74) is 0.0531. The molecule has 2 rings (SSSR count). The molecule has 25 heavy (non-hydrogen) atoms. The van der Waals surface area contributed by atoms with Crippen molar-refractivity contribution in [2.45, 2.75) is 51.6 Å². The number of benzene rings is 1. The highest BCUT2D eigenvalue weighted by Crippen LogP contribution is 2.35. The van der Waals surface area contributed by atoms with Gasteiger partial charge in [-0.3, -0.25) is 4.79 Å². The fourth-order valence-corrected chi connectivity index (χ4v) is 3.08. The third kappa shape index (κ3) is 4.51. The summed E-state index contributed by atoms with van der Waals surface area (Å²) >= 11 is 0. The first-order chi connectivity index (χ1) is 12.1. The lowest BCUT2D eigenvalue weighted by molar-refractivity contribution is -0.140. The lowest BCUT2D eigenvalue weighted by Crippen LogP contribution is -2.43. The topological polar surface area (TPSA) is 73.9 Å². The van der Waals surface area contributed by atoms with Gasteiger partial charge < -0.3 is 19.5 Å². The van der Waals surface area contributed by atoms with Gasteiger partial charge in [-0.15, -0.1) is 0 Å². The summed E-state index contributed by atoms with van der Waals surface area (Å²) in [6.45, 7) is 4.59. The fourth-order valence-electron chi connectivity index (χ4n) is 3.08. The molecule has 6 heteroatoms. The van der Waals surface area contributed by atoms with Crippen LogP contribution in [0.15, 0.2) is 18.2 Å². The van der Waals surface area contributed by atoms with Gasteiger partial charge in [-0.1, -0.05) is 6.92 Å². The van der Waals surface area contributed by atoms with Crippen LogP contribution in [0.1, 0.15) is 56.3 Å². The Labute approximate surface area is 148 Å². The summed E-state index contributed by atoms with van der Waals surface area (Å²) in [5.74, 6) is -0.221. The molecule has 0 aromatic heterocycles. The van der Waals surface area contributed by atoms with Crippen molar-refractivity contribution in [3.05, 3.63) is 23.8 Å². The van der Waals surface area contributed by atoms with Crippen LogP contribution in [0.3, 0.4) is 0 Å². The summed E-state index contributed by atoms with van der Waals surface area (Å²) in [4.78, 5) is 24.9. The van der Waals surface area contributed by atoms with Crippen molar-refractivity contribution < 1.29 is 23.8 Å². The lowest BCUT2D eigenvalue weighted by Gasteiger charge is -2.28. The Bertz CT molecular complexity index is 608. The molecule has 0 bridgehead atoms. The first-order valence-electron chi connectivity index (χ1n) is 8.87. The minimum atomic E-state index is -0.764. The van der Waals surface area contributed by atoms with Crippen molar-refractivity contribution >= 4 is 17.6 Å². The van der Waals surface area contributed by atoms with E-state index in [9.17, 15) is 9.59 Å². The number of methoxy groups -OCH3 is 1. The van der Waals surface area contributed by atoms with E-state index in [2.05, 4.69) is 5.32 Å². The molecule has 0 aliphatic heterocycles. The molecule has 1 N–H and O–H groups in total. The molecule has 0 heterocycles. The second kappa shape index (κ2) is 8.85. The van der Waals surface area contributed by atoms with E-state index >= 15 is 0 Å². The van der Waals surface area contributed by atoms with Crippen LogP contribution in [0, 0.1) is 0 Å². The van der Waals surface area contributed by atoms with E-state index in [0.717, 1.165) is 32.1 Å². The number of esters is 1. The second-order valence-corrected chi connectivity index (χ2v) is 6.14. The summed E-state index contributed by atoms with van der Waals surface area (Å²) in [7, 11) is 1.49. The zero-order valence-corrected chi connectivity index (χ0v) is 15.2. The van der Waals surface area contributed by atoms with Crippen LogP contribution < -0.4 is 10.1 Å². The summed E-state index contributed by atoms with van der Waals surface area (Å²) in [6, 6.07) is 4.94. The average Bonchev–Trinajstić information content (AvgIpc) is 3.10. The van der Waals surface area contributed by atoms with Crippen LogP contribution in [0.4, 0.5) is 5.69 Å². The van der Waals surface area contributed by atoms with E-state index in [0.29, 0.717) is 18.0 Å². The molecule has 1 saturated carbocycles. The molecule has 138 valence electrons. The minimum Gasteiger partial charge on any atom is -0.496 e. The maximum atomic E-state index is 12.8. The summed E-state index contributed by atoms with van der Waals surface area (Å²) in [5, 5.41) is 2.90. The van der Waals surface area contributed by atoms with Crippen LogP contribution in [0.25, 0.3) is 0 Å². The zero-order chi connectivity index (χ0) is 18.3. The van der Waals surface area contributed by atoms with Gasteiger partial charge in [0.05, 0.1) is 13.7 Å². The molecule has 1 aromatic rings.